The van der Waals surface area contributed by atoms with Gasteiger partial charge < -0.3 is 4.74 Å². The number of hydrogen-bond acceptors (Lipinski definition) is 3. The van der Waals surface area contributed by atoms with E-state index in [-0.39, 0.29) is 17.7 Å². The van der Waals surface area contributed by atoms with Crippen molar-refractivity contribution in [3.05, 3.63) is 70.3 Å². The third kappa shape index (κ3) is 2.30. The summed E-state index contributed by atoms with van der Waals surface area (Å²) in [5.74, 6) is 0.0566. The molecule has 4 rings (SSSR count). The minimum Gasteiger partial charge on any atom is -0.373 e. The summed E-state index contributed by atoms with van der Waals surface area (Å²) >= 11 is 0. The van der Waals surface area contributed by atoms with Crippen LogP contribution in [0.25, 0.3) is 0 Å². The Morgan fingerprint density at radius 1 is 1.05 bits per heavy atom. The quantitative estimate of drug-likeness (QED) is 0.781. The van der Waals surface area contributed by atoms with Gasteiger partial charge in [-0.05, 0) is 41.4 Å². The molecule has 0 spiro atoms. The van der Waals surface area contributed by atoms with E-state index in [1.54, 1.807) is 12.2 Å². The molecular formula is C18H14O3. The van der Waals surface area contributed by atoms with Gasteiger partial charge in [0.25, 0.3) is 0 Å². The van der Waals surface area contributed by atoms with Crippen LogP contribution in [-0.4, -0.2) is 24.3 Å². The molecule has 1 saturated heterocycles. The van der Waals surface area contributed by atoms with Crippen molar-refractivity contribution in [3.63, 3.8) is 0 Å². The summed E-state index contributed by atoms with van der Waals surface area (Å²) in [6.07, 6.45) is 6.64. The van der Waals surface area contributed by atoms with E-state index in [0.717, 1.165) is 34.5 Å². The van der Waals surface area contributed by atoms with E-state index in [9.17, 15) is 9.59 Å². The molecule has 3 heteroatoms. The van der Waals surface area contributed by atoms with Gasteiger partial charge in [0.1, 0.15) is 0 Å². The third-order valence-electron chi connectivity index (χ3n) is 4.12. The van der Waals surface area contributed by atoms with Crippen molar-refractivity contribution in [1.82, 2.24) is 0 Å². The SMILES string of the molecule is O=C1C=C2Cc3ccccc3C(=O)C=C2C=C1C[C@@H]1CO1. The van der Waals surface area contributed by atoms with Crippen LogP contribution in [0.3, 0.4) is 0 Å². The number of rotatable bonds is 2. The van der Waals surface area contributed by atoms with Crippen molar-refractivity contribution in [2.75, 3.05) is 6.61 Å². The minimum absolute atomic E-state index is 0.0108. The van der Waals surface area contributed by atoms with Crippen LogP contribution in [0.5, 0.6) is 0 Å². The summed E-state index contributed by atoms with van der Waals surface area (Å²) in [5.41, 5.74) is 4.25. The van der Waals surface area contributed by atoms with Gasteiger partial charge in [0, 0.05) is 17.6 Å². The Kier molecular flexibility index (Phi) is 2.76. The summed E-state index contributed by atoms with van der Waals surface area (Å²) < 4.78 is 5.19. The van der Waals surface area contributed by atoms with Crippen LogP contribution >= 0.6 is 0 Å². The molecule has 21 heavy (non-hydrogen) atoms. The Morgan fingerprint density at radius 3 is 2.67 bits per heavy atom. The second-order valence-electron chi connectivity index (χ2n) is 5.66. The summed E-state index contributed by atoms with van der Waals surface area (Å²) in [6.45, 7) is 0.727. The topological polar surface area (TPSA) is 46.7 Å². The Labute approximate surface area is 122 Å². The summed E-state index contributed by atoms with van der Waals surface area (Å²) in [6, 6.07) is 7.59. The highest BCUT2D eigenvalue weighted by atomic mass is 16.6. The van der Waals surface area contributed by atoms with Crippen molar-refractivity contribution >= 4 is 11.6 Å². The predicted octanol–water partition coefficient (Wildman–Crippen LogP) is 2.58. The summed E-state index contributed by atoms with van der Waals surface area (Å²) in [4.78, 5) is 24.5. The molecule has 1 heterocycles. The van der Waals surface area contributed by atoms with Gasteiger partial charge in [0.2, 0.25) is 0 Å². The highest BCUT2D eigenvalue weighted by Crippen LogP contribution is 2.31. The Bertz CT molecular complexity index is 745. The molecule has 0 bridgehead atoms. The zero-order valence-electron chi connectivity index (χ0n) is 11.5. The number of ketones is 2. The fourth-order valence-corrected chi connectivity index (χ4v) is 2.90. The first-order chi connectivity index (χ1) is 10.2. The van der Waals surface area contributed by atoms with E-state index in [2.05, 4.69) is 0 Å². The molecule has 0 saturated carbocycles. The molecule has 104 valence electrons. The molecule has 1 aromatic rings. The fraction of sp³-hybridized carbons (Fsp3) is 0.222. The van der Waals surface area contributed by atoms with Gasteiger partial charge in [-0.3, -0.25) is 9.59 Å². The second kappa shape index (κ2) is 4.64. The smallest absolute Gasteiger partial charge is 0.186 e. The number of ether oxygens (including phenoxy) is 1. The molecule has 0 amide bonds. The molecule has 1 aliphatic heterocycles. The van der Waals surface area contributed by atoms with Crippen LogP contribution in [0.1, 0.15) is 22.3 Å². The molecule has 1 atom stereocenters. The number of fused-ring (bicyclic) bond motifs is 2. The van der Waals surface area contributed by atoms with Crippen LogP contribution in [0.4, 0.5) is 0 Å². The van der Waals surface area contributed by atoms with Gasteiger partial charge in [-0.1, -0.05) is 24.3 Å². The maximum atomic E-state index is 12.3. The molecular weight excluding hydrogens is 264 g/mol. The van der Waals surface area contributed by atoms with Crippen LogP contribution in [0, 0.1) is 0 Å². The van der Waals surface area contributed by atoms with E-state index in [1.807, 2.05) is 30.3 Å². The molecule has 0 unspecified atom stereocenters. The first-order valence-electron chi connectivity index (χ1n) is 7.12. The van der Waals surface area contributed by atoms with Gasteiger partial charge in [-0.2, -0.15) is 0 Å². The minimum atomic E-state index is 0.0108. The van der Waals surface area contributed by atoms with E-state index < -0.39 is 0 Å². The summed E-state index contributed by atoms with van der Waals surface area (Å²) in [5, 5.41) is 0. The monoisotopic (exact) mass is 278 g/mol. The molecule has 1 fully saturated rings. The first-order valence-corrected chi connectivity index (χ1v) is 7.12. The van der Waals surface area contributed by atoms with Crippen LogP contribution in [0.15, 0.2) is 59.2 Å². The number of carbonyl (C=O) groups is 2. The van der Waals surface area contributed by atoms with E-state index in [0.29, 0.717) is 12.8 Å². The fourth-order valence-electron chi connectivity index (χ4n) is 2.90. The van der Waals surface area contributed by atoms with Gasteiger partial charge in [-0.15, -0.1) is 0 Å². The van der Waals surface area contributed by atoms with Gasteiger partial charge in [0.15, 0.2) is 11.6 Å². The van der Waals surface area contributed by atoms with Crippen LogP contribution in [0.2, 0.25) is 0 Å². The van der Waals surface area contributed by atoms with Crippen molar-refractivity contribution < 1.29 is 14.3 Å². The zero-order chi connectivity index (χ0) is 14.4. The average molecular weight is 278 g/mol. The van der Waals surface area contributed by atoms with Crippen molar-refractivity contribution in [2.45, 2.75) is 18.9 Å². The third-order valence-corrected chi connectivity index (χ3v) is 4.12. The average Bonchev–Trinajstić information content (AvgIpc) is 3.28. The lowest BCUT2D eigenvalue weighted by Crippen LogP contribution is -2.10. The maximum absolute atomic E-state index is 12.3. The van der Waals surface area contributed by atoms with E-state index in [1.165, 1.54) is 0 Å². The normalized spacial score (nSPS) is 23.4. The number of allylic oxidation sites excluding steroid dienone is 5. The molecule has 0 aromatic heterocycles. The lowest BCUT2D eigenvalue weighted by molar-refractivity contribution is -0.111. The number of epoxide rings is 1. The molecule has 2 aliphatic carbocycles. The molecule has 3 nitrogen and oxygen atoms in total. The largest absolute Gasteiger partial charge is 0.373 e. The molecule has 3 aliphatic rings. The summed E-state index contributed by atoms with van der Waals surface area (Å²) in [7, 11) is 0. The Hall–Kier alpha value is -2.26. The van der Waals surface area contributed by atoms with Crippen LogP contribution in [-0.2, 0) is 16.0 Å². The predicted molar refractivity (Wildman–Crippen MR) is 78.1 cm³/mol. The van der Waals surface area contributed by atoms with Gasteiger partial charge in [0.05, 0.1) is 12.7 Å². The number of hydrogen-bond donors (Lipinski definition) is 0. The van der Waals surface area contributed by atoms with Crippen molar-refractivity contribution in [2.24, 2.45) is 0 Å². The first kappa shape index (κ1) is 12.5. The zero-order valence-corrected chi connectivity index (χ0v) is 11.5. The number of carbonyl (C=O) groups excluding carboxylic acids is 2. The molecule has 0 radical (unpaired) electrons. The standard InChI is InChI=1S/C18H14O3/c19-17-8-12-5-11-3-1-2-4-16(11)18(20)9-13(12)6-14(17)7-15-10-21-15/h1-4,6,8-9,15H,5,7,10H2/t15-/m1/s1. The number of benzene rings is 1. The van der Waals surface area contributed by atoms with Crippen molar-refractivity contribution in [1.29, 1.82) is 0 Å². The van der Waals surface area contributed by atoms with Crippen molar-refractivity contribution in [3.8, 4) is 0 Å². The van der Waals surface area contributed by atoms with E-state index >= 15 is 0 Å². The molecule has 1 aromatic carbocycles. The Balaban J connectivity index is 1.75. The maximum Gasteiger partial charge on any atom is 0.186 e. The van der Waals surface area contributed by atoms with E-state index in [4.69, 9.17) is 4.74 Å². The second-order valence-corrected chi connectivity index (χ2v) is 5.66. The Morgan fingerprint density at radius 2 is 1.86 bits per heavy atom. The highest BCUT2D eigenvalue weighted by molar-refractivity contribution is 6.11. The lowest BCUT2D eigenvalue weighted by Gasteiger charge is -2.14. The van der Waals surface area contributed by atoms with Crippen LogP contribution < -0.4 is 0 Å². The molecule has 0 N–H and O–H groups in total. The van der Waals surface area contributed by atoms with Gasteiger partial charge >= 0.3 is 0 Å². The lowest BCUT2D eigenvalue weighted by atomic mass is 9.89. The highest BCUT2D eigenvalue weighted by Gasteiger charge is 2.29. The van der Waals surface area contributed by atoms with Gasteiger partial charge in [-0.25, -0.2) is 0 Å².